The summed E-state index contributed by atoms with van der Waals surface area (Å²) < 4.78 is 1.72. The first-order valence-electron chi connectivity index (χ1n) is 6.87. The maximum atomic E-state index is 12.3. The molecule has 3 rings (SSSR count). The number of carbonyl (C=O) groups excluding carboxylic acids is 2. The van der Waals surface area contributed by atoms with Gasteiger partial charge in [-0.2, -0.15) is 0 Å². The number of hydrogen-bond donors (Lipinski definition) is 1. The van der Waals surface area contributed by atoms with Crippen LogP contribution in [-0.2, 0) is 11.3 Å². The summed E-state index contributed by atoms with van der Waals surface area (Å²) in [4.78, 5) is 23.4. The molecule has 0 atom stereocenters. The highest BCUT2D eigenvalue weighted by atomic mass is 35.5. The van der Waals surface area contributed by atoms with E-state index in [4.69, 9.17) is 23.2 Å². The first-order valence-corrected chi connectivity index (χ1v) is 7.62. The normalized spacial score (nSPS) is 10.7. The number of fused-ring (bicyclic) bond motifs is 1. The monoisotopic (exact) mass is 346 g/mol. The van der Waals surface area contributed by atoms with Crippen LogP contribution >= 0.6 is 23.2 Å². The second-order valence-corrected chi connectivity index (χ2v) is 5.81. The molecule has 4 nitrogen and oxygen atoms in total. The summed E-state index contributed by atoms with van der Waals surface area (Å²) in [6.07, 6.45) is 2.44. The van der Waals surface area contributed by atoms with Crippen molar-refractivity contribution in [3.05, 3.63) is 64.3 Å². The molecule has 0 saturated heterocycles. The number of nitrogens with one attached hydrogen (secondary N) is 1. The van der Waals surface area contributed by atoms with Crippen molar-refractivity contribution in [2.24, 2.45) is 0 Å². The summed E-state index contributed by atoms with van der Waals surface area (Å²) in [7, 11) is 0. The molecule has 1 heterocycles. The van der Waals surface area contributed by atoms with Gasteiger partial charge in [-0.05, 0) is 18.2 Å². The molecule has 0 saturated carbocycles. The number of aldehydes is 1. The van der Waals surface area contributed by atoms with E-state index in [9.17, 15) is 9.59 Å². The lowest BCUT2D eigenvalue weighted by molar-refractivity contribution is -0.116. The standard InChI is InChI=1S/C17H12Cl2N2O2/c18-13-5-3-6-14(19)17(13)20-16(23)9-21-8-11(10-22)12-4-1-2-7-15(12)21/h1-8,10H,9H2,(H,20,23). The number of aromatic nitrogens is 1. The molecule has 0 bridgehead atoms. The van der Waals surface area contributed by atoms with E-state index in [1.165, 1.54) is 0 Å². The van der Waals surface area contributed by atoms with Gasteiger partial charge < -0.3 is 9.88 Å². The molecular weight excluding hydrogens is 335 g/mol. The van der Waals surface area contributed by atoms with Crippen molar-refractivity contribution in [1.82, 2.24) is 4.57 Å². The maximum Gasteiger partial charge on any atom is 0.244 e. The smallest absolute Gasteiger partial charge is 0.244 e. The fraction of sp³-hybridized carbons (Fsp3) is 0.0588. The van der Waals surface area contributed by atoms with Crippen molar-refractivity contribution in [3.63, 3.8) is 0 Å². The molecule has 6 heteroatoms. The van der Waals surface area contributed by atoms with Gasteiger partial charge in [-0.3, -0.25) is 9.59 Å². The third-order valence-electron chi connectivity index (χ3n) is 3.49. The van der Waals surface area contributed by atoms with Crippen molar-refractivity contribution in [3.8, 4) is 0 Å². The number of nitrogens with zero attached hydrogens (tertiary/aromatic N) is 1. The molecule has 0 unspecified atom stereocenters. The van der Waals surface area contributed by atoms with Crippen LogP contribution in [0, 0.1) is 0 Å². The summed E-state index contributed by atoms with van der Waals surface area (Å²) in [5.74, 6) is -0.279. The molecule has 0 aliphatic heterocycles. The molecule has 23 heavy (non-hydrogen) atoms. The van der Waals surface area contributed by atoms with Gasteiger partial charge in [-0.15, -0.1) is 0 Å². The van der Waals surface area contributed by atoms with Crippen LogP contribution in [0.15, 0.2) is 48.7 Å². The van der Waals surface area contributed by atoms with E-state index >= 15 is 0 Å². The second kappa shape index (κ2) is 6.44. The zero-order valence-corrected chi connectivity index (χ0v) is 13.4. The van der Waals surface area contributed by atoms with E-state index in [1.807, 2.05) is 24.3 Å². The summed E-state index contributed by atoms with van der Waals surface area (Å²) in [5, 5.41) is 4.26. The lowest BCUT2D eigenvalue weighted by atomic mass is 10.2. The Bertz CT molecular complexity index is 882. The third-order valence-corrected chi connectivity index (χ3v) is 4.12. The summed E-state index contributed by atoms with van der Waals surface area (Å²) in [6, 6.07) is 12.4. The molecule has 0 aliphatic carbocycles. The molecule has 0 fully saturated rings. The average molecular weight is 347 g/mol. The highest BCUT2D eigenvalue weighted by Crippen LogP contribution is 2.30. The fourth-order valence-electron chi connectivity index (χ4n) is 2.45. The minimum absolute atomic E-state index is 0.0515. The zero-order chi connectivity index (χ0) is 16.4. The molecule has 116 valence electrons. The topological polar surface area (TPSA) is 51.1 Å². The van der Waals surface area contributed by atoms with E-state index in [0.29, 0.717) is 21.3 Å². The van der Waals surface area contributed by atoms with Crippen molar-refractivity contribution in [2.75, 3.05) is 5.32 Å². The molecule has 1 N–H and O–H groups in total. The van der Waals surface area contributed by atoms with Crippen molar-refractivity contribution in [2.45, 2.75) is 6.54 Å². The number of anilines is 1. The Labute approximate surface area is 142 Å². The maximum absolute atomic E-state index is 12.3. The highest BCUT2D eigenvalue weighted by molar-refractivity contribution is 6.39. The van der Waals surface area contributed by atoms with Gasteiger partial charge in [0.2, 0.25) is 5.91 Å². The quantitative estimate of drug-likeness (QED) is 0.711. The van der Waals surface area contributed by atoms with Crippen molar-refractivity contribution >= 4 is 52.0 Å². The number of hydrogen-bond acceptors (Lipinski definition) is 2. The van der Waals surface area contributed by atoms with Gasteiger partial charge in [-0.25, -0.2) is 0 Å². The predicted molar refractivity (Wildman–Crippen MR) is 92.4 cm³/mol. The summed E-state index contributed by atoms with van der Waals surface area (Å²) >= 11 is 12.1. The lowest BCUT2D eigenvalue weighted by Gasteiger charge is -2.10. The molecule has 3 aromatic rings. The van der Waals surface area contributed by atoms with Crippen molar-refractivity contribution in [1.29, 1.82) is 0 Å². The average Bonchev–Trinajstić information content (AvgIpc) is 2.89. The van der Waals surface area contributed by atoms with E-state index in [2.05, 4.69) is 5.32 Å². The number of rotatable bonds is 4. The Kier molecular flexibility index (Phi) is 4.37. The van der Waals surface area contributed by atoms with Crippen molar-refractivity contribution < 1.29 is 9.59 Å². The van der Waals surface area contributed by atoms with Crippen LogP contribution in [0.4, 0.5) is 5.69 Å². The summed E-state index contributed by atoms with van der Waals surface area (Å²) in [6.45, 7) is 0.0515. The second-order valence-electron chi connectivity index (χ2n) is 4.99. The van der Waals surface area contributed by atoms with Crippen LogP contribution in [0.1, 0.15) is 10.4 Å². The number of carbonyl (C=O) groups is 2. The Hall–Kier alpha value is -2.30. The van der Waals surface area contributed by atoms with Gasteiger partial charge >= 0.3 is 0 Å². The molecule has 0 spiro atoms. The molecule has 0 radical (unpaired) electrons. The first-order chi connectivity index (χ1) is 11.1. The van der Waals surface area contributed by atoms with Gasteiger partial charge in [-0.1, -0.05) is 47.5 Å². The SMILES string of the molecule is O=Cc1cn(CC(=O)Nc2c(Cl)cccc2Cl)c2ccccc12. The Morgan fingerprint density at radius 3 is 2.48 bits per heavy atom. The number of amides is 1. The van der Waals surface area contributed by atoms with Gasteiger partial charge in [0.15, 0.2) is 6.29 Å². The van der Waals surface area contributed by atoms with Gasteiger partial charge in [0.1, 0.15) is 6.54 Å². The Balaban J connectivity index is 1.88. The Morgan fingerprint density at radius 2 is 1.78 bits per heavy atom. The number of halogens is 2. The van der Waals surface area contributed by atoms with Crippen LogP contribution in [-0.4, -0.2) is 16.8 Å². The first kappa shape index (κ1) is 15.6. The number of benzene rings is 2. The van der Waals surface area contributed by atoms with Gasteiger partial charge in [0, 0.05) is 22.7 Å². The van der Waals surface area contributed by atoms with Crippen LogP contribution in [0.2, 0.25) is 10.0 Å². The largest absolute Gasteiger partial charge is 0.337 e. The van der Waals surface area contributed by atoms with Gasteiger partial charge in [0.05, 0.1) is 15.7 Å². The number of para-hydroxylation sites is 2. The van der Waals surface area contributed by atoms with E-state index < -0.39 is 0 Å². The minimum atomic E-state index is -0.279. The zero-order valence-electron chi connectivity index (χ0n) is 11.9. The Morgan fingerprint density at radius 1 is 1.09 bits per heavy atom. The van der Waals surface area contributed by atoms with Crippen LogP contribution in [0.3, 0.4) is 0 Å². The van der Waals surface area contributed by atoms with Crippen LogP contribution < -0.4 is 5.32 Å². The van der Waals surface area contributed by atoms with Crippen LogP contribution in [0.5, 0.6) is 0 Å². The molecule has 1 amide bonds. The minimum Gasteiger partial charge on any atom is -0.337 e. The van der Waals surface area contributed by atoms with E-state index in [1.54, 1.807) is 29.0 Å². The van der Waals surface area contributed by atoms with E-state index in [0.717, 1.165) is 17.2 Å². The van der Waals surface area contributed by atoms with Crippen LogP contribution in [0.25, 0.3) is 10.9 Å². The van der Waals surface area contributed by atoms with Gasteiger partial charge in [0.25, 0.3) is 0 Å². The molecule has 0 aliphatic rings. The summed E-state index contributed by atoms with van der Waals surface area (Å²) in [5.41, 5.74) is 1.74. The molecule has 2 aromatic carbocycles. The third kappa shape index (κ3) is 3.09. The van der Waals surface area contributed by atoms with E-state index in [-0.39, 0.29) is 12.5 Å². The predicted octanol–water partition coefficient (Wildman–Crippen LogP) is 4.40. The lowest BCUT2D eigenvalue weighted by Crippen LogP contribution is -2.18. The molecular formula is C17H12Cl2N2O2. The highest BCUT2D eigenvalue weighted by Gasteiger charge is 2.13. The fourth-order valence-corrected chi connectivity index (χ4v) is 2.94. The molecule has 1 aromatic heterocycles.